The third-order valence-corrected chi connectivity index (χ3v) is 1.68. The van der Waals surface area contributed by atoms with Crippen molar-refractivity contribution < 1.29 is 5.32 Å². The Morgan fingerprint density at radius 2 is 2.25 bits per heavy atom. The Labute approximate surface area is 50.7 Å². The minimum absolute atomic E-state index is 0.714. The van der Waals surface area contributed by atoms with Gasteiger partial charge < -0.3 is 10.6 Å². The Morgan fingerprint density at radius 3 is 2.62 bits per heavy atom. The van der Waals surface area contributed by atoms with E-state index in [1.165, 1.54) is 13.1 Å². The van der Waals surface area contributed by atoms with Crippen LogP contribution in [0.4, 0.5) is 0 Å². The van der Waals surface area contributed by atoms with Crippen LogP contribution in [0.3, 0.4) is 0 Å². The lowest BCUT2D eigenvalue weighted by atomic mass is 10.2. The fourth-order valence-corrected chi connectivity index (χ4v) is 0.990. The molecule has 48 valence electrons. The van der Waals surface area contributed by atoms with Crippen molar-refractivity contribution in [2.45, 2.75) is 25.9 Å². The fraction of sp³-hybridized carbons (Fsp3) is 1.00. The van der Waals surface area contributed by atoms with Crippen LogP contribution in [0.15, 0.2) is 0 Å². The minimum Gasteiger partial charge on any atom is -0.342 e. The second-order valence-electron chi connectivity index (χ2n) is 2.76. The van der Waals surface area contributed by atoms with Gasteiger partial charge in [-0.25, -0.2) is 0 Å². The van der Waals surface area contributed by atoms with Crippen LogP contribution < -0.4 is 10.6 Å². The molecule has 2 heteroatoms. The Hall–Kier alpha value is -0.0800. The Kier molecular flexibility index (Phi) is 1.86. The summed E-state index contributed by atoms with van der Waals surface area (Å²) in [6.45, 7) is 6.88. The van der Waals surface area contributed by atoms with Crippen molar-refractivity contribution >= 4 is 0 Å². The highest BCUT2D eigenvalue weighted by atomic mass is 15.1. The Bertz CT molecular complexity index is 54.9. The van der Waals surface area contributed by atoms with Gasteiger partial charge in [-0.1, -0.05) is 0 Å². The van der Waals surface area contributed by atoms with Crippen molar-refractivity contribution in [2.75, 3.05) is 13.1 Å². The smallest absolute Gasteiger partial charge is 0.0957 e. The average Bonchev–Trinajstić information content (AvgIpc) is 1.77. The fourth-order valence-electron chi connectivity index (χ4n) is 0.990. The normalized spacial score (nSPS) is 39.8. The lowest BCUT2D eigenvalue weighted by Gasteiger charge is -2.22. The van der Waals surface area contributed by atoms with E-state index in [2.05, 4.69) is 24.5 Å². The van der Waals surface area contributed by atoms with Gasteiger partial charge in [0.15, 0.2) is 0 Å². The quantitative estimate of drug-likeness (QED) is 0.413. The summed E-state index contributed by atoms with van der Waals surface area (Å²) in [6.07, 6.45) is 0. The van der Waals surface area contributed by atoms with Crippen LogP contribution in [0, 0.1) is 0 Å². The summed E-state index contributed by atoms with van der Waals surface area (Å²) in [5.74, 6) is 0. The Morgan fingerprint density at radius 1 is 1.50 bits per heavy atom. The van der Waals surface area contributed by atoms with Crippen molar-refractivity contribution in [1.29, 1.82) is 0 Å². The third kappa shape index (κ3) is 1.46. The number of nitrogens with two attached hydrogens (primary N) is 1. The molecule has 0 amide bonds. The zero-order valence-corrected chi connectivity index (χ0v) is 5.65. The first-order valence-corrected chi connectivity index (χ1v) is 3.36. The molecule has 0 saturated carbocycles. The maximum Gasteiger partial charge on any atom is 0.0957 e. The van der Waals surface area contributed by atoms with E-state index in [9.17, 15) is 0 Å². The van der Waals surface area contributed by atoms with Crippen LogP contribution in [0.25, 0.3) is 0 Å². The van der Waals surface area contributed by atoms with Gasteiger partial charge in [0.25, 0.3) is 0 Å². The van der Waals surface area contributed by atoms with Gasteiger partial charge in [0.2, 0.25) is 0 Å². The number of hydrogen-bond acceptors (Lipinski definition) is 1. The Balaban J connectivity index is 2.19. The molecule has 2 atom stereocenters. The lowest BCUT2D eigenvalue weighted by molar-refractivity contribution is -0.693. The van der Waals surface area contributed by atoms with Crippen LogP contribution >= 0.6 is 0 Å². The molecule has 8 heavy (non-hydrogen) atoms. The minimum atomic E-state index is 0.714. The molecule has 1 fully saturated rings. The number of quaternary nitrogens is 1. The number of rotatable bonds is 0. The summed E-state index contributed by atoms with van der Waals surface area (Å²) in [6, 6.07) is 1.50. The maximum atomic E-state index is 3.40. The van der Waals surface area contributed by atoms with Crippen LogP contribution in [0.2, 0.25) is 0 Å². The molecule has 1 saturated heterocycles. The van der Waals surface area contributed by atoms with E-state index in [0.29, 0.717) is 6.04 Å². The van der Waals surface area contributed by atoms with Gasteiger partial charge in [0, 0.05) is 6.54 Å². The number of piperazine rings is 1. The van der Waals surface area contributed by atoms with Crippen molar-refractivity contribution in [3.63, 3.8) is 0 Å². The molecule has 0 unspecified atom stereocenters. The van der Waals surface area contributed by atoms with Crippen LogP contribution in [0.5, 0.6) is 0 Å². The van der Waals surface area contributed by atoms with Crippen molar-refractivity contribution in [1.82, 2.24) is 5.32 Å². The zero-order chi connectivity index (χ0) is 5.98. The summed E-state index contributed by atoms with van der Waals surface area (Å²) in [4.78, 5) is 0. The van der Waals surface area contributed by atoms with Gasteiger partial charge in [-0.15, -0.1) is 0 Å². The van der Waals surface area contributed by atoms with Crippen LogP contribution in [0.1, 0.15) is 13.8 Å². The van der Waals surface area contributed by atoms with Crippen LogP contribution in [-0.2, 0) is 0 Å². The zero-order valence-electron chi connectivity index (χ0n) is 5.65. The molecule has 2 nitrogen and oxygen atoms in total. The highest BCUT2D eigenvalue weighted by molar-refractivity contribution is 4.64. The summed E-state index contributed by atoms with van der Waals surface area (Å²) < 4.78 is 0. The third-order valence-electron chi connectivity index (χ3n) is 1.68. The van der Waals surface area contributed by atoms with Gasteiger partial charge >= 0.3 is 0 Å². The van der Waals surface area contributed by atoms with E-state index in [4.69, 9.17) is 0 Å². The van der Waals surface area contributed by atoms with Gasteiger partial charge in [-0.2, -0.15) is 0 Å². The standard InChI is InChI=1S/C6H14N2/c1-5-3-8-6(2)4-7-5/h5-8H,3-4H2,1-2H3/p+1/t5-,6-/m0/s1. The molecule has 0 aliphatic carbocycles. The molecule has 0 radical (unpaired) electrons. The molecule has 0 bridgehead atoms. The monoisotopic (exact) mass is 115 g/mol. The molecule has 0 aromatic rings. The van der Waals surface area contributed by atoms with E-state index in [0.717, 1.165) is 6.04 Å². The average molecular weight is 115 g/mol. The summed E-state index contributed by atoms with van der Waals surface area (Å²) in [5, 5.41) is 5.79. The number of nitrogens with one attached hydrogen (secondary N) is 1. The van der Waals surface area contributed by atoms with Crippen molar-refractivity contribution in [2.24, 2.45) is 0 Å². The molecule has 0 aromatic heterocycles. The summed E-state index contributed by atoms with van der Waals surface area (Å²) >= 11 is 0. The summed E-state index contributed by atoms with van der Waals surface area (Å²) in [5.41, 5.74) is 0. The summed E-state index contributed by atoms with van der Waals surface area (Å²) in [7, 11) is 0. The highest BCUT2D eigenvalue weighted by Crippen LogP contribution is 1.81. The van der Waals surface area contributed by atoms with Gasteiger partial charge in [-0.3, -0.25) is 0 Å². The van der Waals surface area contributed by atoms with E-state index >= 15 is 0 Å². The molecule has 1 heterocycles. The van der Waals surface area contributed by atoms with E-state index in [-0.39, 0.29) is 0 Å². The first-order valence-electron chi connectivity index (χ1n) is 3.36. The van der Waals surface area contributed by atoms with Crippen molar-refractivity contribution in [3.05, 3.63) is 0 Å². The van der Waals surface area contributed by atoms with Gasteiger partial charge in [0.1, 0.15) is 0 Å². The lowest BCUT2D eigenvalue weighted by Crippen LogP contribution is -2.95. The first-order chi connectivity index (χ1) is 3.79. The van der Waals surface area contributed by atoms with E-state index < -0.39 is 0 Å². The number of hydrogen-bond donors (Lipinski definition) is 2. The first kappa shape index (κ1) is 6.05. The molecule has 0 spiro atoms. The van der Waals surface area contributed by atoms with Gasteiger partial charge in [0.05, 0.1) is 18.6 Å². The van der Waals surface area contributed by atoms with E-state index in [1.54, 1.807) is 0 Å². The molecular weight excluding hydrogens is 100 g/mol. The van der Waals surface area contributed by atoms with Gasteiger partial charge in [-0.05, 0) is 13.8 Å². The maximum absolute atomic E-state index is 3.40. The van der Waals surface area contributed by atoms with Crippen molar-refractivity contribution in [3.8, 4) is 0 Å². The predicted octanol–water partition coefficient (Wildman–Crippen LogP) is -1.07. The predicted molar refractivity (Wildman–Crippen MR) is 33.7 cm³/mol. The topological polar surface area (TPSA) is 28.6 Å². The molecule has 0 aromatic carbocycles. The molecule has 1 rings (SSSR count). The van der Waals surface area contributed by atoms with Crippen LogP contribution in [-0.4, -0.2) is 25.2 Å². The molecule has 1 aliphatic heterocycles. The molecule has 1 aliphatic rings. The SMILES string of the molecule is C[C@H]1C[NH2+][C@@H](C)CN1. The second-order valence-corrected chi connectivity index (χ2v) is 2.76. The largest absolute Gasteiger partial charge is 0.342 e. The second kappa shape index (κ2) is 2.46. The molecular formula is C6H15N2+. The molecule has 3 N–H and O–H groups in total. The van der Waals surface area contributed by atoms with E-state index in [1.807, 2.05) is 0 Å². The highest BCUT2D eigenvalue weighted by Gasteiger charge is 2.14.